The molecule has 0 spiro atoms. The average Bonchev–Trinajstić information content (AvgIpc) is 3.31. The summed E-state index contributed by atoms with van der Waals surface area (Å²) in [6.45, 7) is 1.77. The second kappa shape index (κ2) is 5.34. The Kier molecular flexibility index (Phi) is 3.16. The Balaban J connectivity index is 1.73. The van der Waals surface area contributed by atoms with Gasteiger partial charge in [-0.1, -0.05) is 11.2 Å². The lowest BCUT2D eigenvalue weighted by atomic mass is 10.1. The van der Waals surface area contributed by atoms with E-state index in [4.69, 9.17) is 4.52 Å². The molecule has 0 aliphatic heterocycles. The Morgan fingerprint density at radius 1 is 1.25 bits per heavy atom. The van der Waals surface area contributed by atoms with Gasteiger partial charge in [0.1, 0.15) is 5.69 Å². The molecule has 4 aromatic rings. The summed E-state index contributed by atoms with van der Waals surface area (Å²) in [7, 11) is 1.57. The van der Waals surface area contributed by atoms with Crippen molar-refractivity contribution in [2.75, 3.05) is 7.05 Å². The van der Waals surface area contributed by atoms with Gasteiger partial charge in [-0.2, -0.15) is 4.98 Å². The molecule has 3 aromatic heterocycles. The highest BCUT2D eigenvalue weighted by Gasteiger charge is 2.13. The van der Waals surface area contributed by atoms with E-state index in [9.17, 15) is 4.79 Å². The topological polar surface area (TPSA) is 112 Å². The molecule has 4 rings (SSSR count). The molecule has 0 aliphatic rings. The van der Waals surface area contributed by atoms with Crippen molar-refractivity contribution in [3.8, 4) is 22.8 Å². The minimum atomic E-state index is -0.252. The van der Waals surface area contributed by atoms with Gasteiger partial charge in [-0.25, -0.2) is 4.98 Å². The third-order valence-corrected chi connectivity index (χ3v) is 3.69. The van der Waals surface area contributed by atoms with Crippen LogP contribution in [0.15, 0.2) is 35.0 Å². The van der Waals surface area contributed by atoms with Gasteiger partial charge in [0, 0.05) is 29.7 Å². The van der Waals surface area contributed by atoms with Gasteiger partial charge in [0.2, 0.25) is 0 Å². The molecular formula is C16H14N6O2. The van der Waals surface area contributed by atoms with Gasteiger partial charge in [-0.05, 0) is 25.1 Å². The van der Waals surface area contributed by atoms with Crippen LogP contribution in [0.1, 0.15) is 16.4 Å². The van der Waals surface area contributed by atoms with Crippen molar-refractivity contribution in [3.63, 3.8) is 0 Å². The molecule has 0 radical (unpaired) electrons. The van der Waals surface area contributed by atoms with Crippen LogP contribution in [0.25, 0.3) is 33.7 Å². The van der Waals surface area contributed by atoms with Crippen molar-refractivity contribution in [2.45, 2.75) is 6.92 Å². The number of fused-ring (bicyclic) bond motifs is 1. The summed E-state index contributed by atoms with van der Waals surface area (Å²) in [6.07, 6.45) is 1.71. The zero-order valence-electron chi connectivity index (χ0n) is 13.0. The summed E-state index contributed by atoms with van der Waals surface area (Å²) in [6, 6.07) is 7.82. The molecule has 0 saturated carbocycles. The predicted molar refractivity (Wildman–Crippen MR) is 87.3 cm³/mol. The van der Waals surface area contributed by atoms with Crippen LogP contribution in [0, 0.1) is 6.92 Å². The molecule has 0 saturated heterocycles. The van der Waals surface area contributed by atoms with E-state index in [1.807, 2.05) is 24.3 Å². The first-order valence-electron chi connectivity index (χ1n) is 7.35. The quantitative estimate of drug-likeness (QED) is 0.535. The highest BCUT2D eigenvalue weighted by Crippen LogP contribution is 2.27. The fraction of sp³-hybridized carbons (Fsp3) is 0.125. The molecule has 0 aliphatic carbocycles. The summed E-state index contributed by atoms with van der Waals surface area (Å²) in [5, 5.41) is 7.32. The van der Waals surface area contributed by atoms with E-state index in [0.29, 0.717) is 17.4 Å². The maximum Gasteiger partial charge on any atom is 0.286 e. The van der Waals surface area contributed by atoms with Crippen LogP contribution in [0.5, 0.6) is 0 Å². The standard InChI is InChI=1S/C16H14N6O2/c1-8-19-16(24-22-8)12-6-10-5-9(3-4-11(10)20-12)13-7-18-14(21-13)15(23)17-2/h3-7,20H,1-2H3,(H,17,23)(H,18,21). The molecule has 1 amide bonds. The second-order valence-corrected chi connectivity index (χ2v) is 5.35. The SMILES string of the molecule is CNC(=O)c1nc(-c2ccc3[nH]c(-c4nc(C)no4)cc3c2)c[nH]1. The van der Waals surface area contributed by atoms with Crippen molar-refractivity contribution >= 4 is 16.8 Å². The van der Waals surface area contributed by atoms with E-state index in [-0.39, 0.29) is 11.7 Å². The van der Waals surface area contributed by atoms with Gasteiger partial charge < -0.3 is 19.8 Å². The number of carbonyl (C=O) groups is 1. The Hall–Kier alpha value is -3.42. The van der Waals surface area contributed by atoms with Crippen molar-refractivity contribution in [3.05, 3.63) is 42.1 Å². The maximum absolute atomic E-state index is 11.6. The van der Waals surface area contributed by atoms with Gasteiger partial charge in [0.05, 0.1) is 5.69 Å². The minimum absolute atomic E-state index is 0.252. The van der Waals surface area contributed by atoms with Gasteiger partial charge in [-0.15, -0.1) is 0 Å². The Morgan fingerprint density at radius 3 is 2.88 bits per heavy atom. The smallest absolute Gasteiger partial charge is 0.286 e. The van der Waals surface area contributed by atoms with Crippen LogP contribution >= 0.6 is 0 Å². The van der Waals surface area contributed by atoms with Crippen molar-refractivity contribution in [1.29, 1.82) is 0 Å². The molecule has 8 heteroatoms. The van der Waals surface area contributed by atoms with E-state index < -0.39 is 0 Å². The van der Waals surface area contributed by atoms with Crippen molar-refractivity contribution < 1.29 is 9.32 Å². The summed E-state index contributed by atoms with van der Waals surface area (Å²) in [5.41, 5.74) is 3.32. The fourth-order valence-corrected chi connectivity index (χ4v) is 2.52. The lowest BCUT2D eigenvalue weighted by Crippen LogP contribution is -2.19. The number of benzene rings is 1. The van der Waals surface area contributed by atoms with Crippen LogP contribution in [-0.2, 0) is 0 Å². The fourth-order valence-electron chi connectivity index (χ4n) is 2.52. The lowest BCUT2D eigenvalue weighted by molar-refractivity contribution is 0.0954. The highest BCUT2D eigenvalue weighted by molar-refractivity contribution is 5.92. The number of hydrogen-bond acceptors (Lipinski definition) is 5. The number of carbonyl (C=O) groups excluding carboxylic acids is 1. The van der Waals surface area contributed by atoms with Gasteiger partial charge >= 0.3 is 0 Å². The number of H-pyrrole nitrogens is 2. The molecular weight excluding hydrogens is 308 g/mol. The van der Waals surface area contributed by atoms with Crippen LogP contribution in [0.4, 0.5) is 0 Å². The first kappa shape index (κ1) is 14.2. The monoisotopic (exact) mass is 322 g/mol. The normalized spacial score (nSPS) is 11.1. The first-order chi connectivity index (χ1) is 11.6. The second-order valence-electron chi connectivity index (χ2n) is 5.35. The number of nitrogens with one attached hydrogen (secondary N) is 3. The molecule has 0 fully saturated rings. The lowest BCUT2D eigenvalue weighted by Gasteiger charge is -1.97. The summed E-state index contributed by atoms with van der Waals surface area (Å²) < 4.78 is 5.18. The number of amides is 1. The third kappa shape index (κ3) is 2.34. The van der Waals surface area contributed by atoms with Crippen LogP contribution in [0.2, 0.25) is 0 Å². The van der Waals surface area contributed by atoms with E-state index in [1.54, 1.807) is 20.2 Å². The molecule has 120 valence electrons. The van der Waals surface area contributed by atoms with Gasteiger partial charge in [0.25, 0.3) is 11.8 Å². The molecule has 0 atom stereocenters. The largest absolute Gasteiger partial charge is 0.352 e. The Labute approximate surface area is 136 Å². The van der Waals surface area contributed by atoms with Gasteiger partial charge in [0.15, 0.2) is 11.6 Å². The number of hydrogen-bond donors (Lipinski definition) is 3. The van der Waals surface area contributed by atoms with Crippen LogP contribution < -0.4 is 5.32 Å². The first-order valence-corrected chi connectivity index (χ1v) is 7.35. The number of imidazole rings is 1. The van der Waals surface area contributed by atoms with E-state index in [1.165, 1.54) is 0 Å². The van der Waals surface area contributed by atoms with E-state index in [0.717, 1.165) is 22.2 Å². The number of aryl methyl sites for hydroxylation is 1. The maximum atomic E-state index is 11.6. The van der Waals surface area contributed by atoms with E-state index in [2.05, 4.69) is 30.4 Å². The van der Waals surface area contributed by atoms with Crippen LogP contribution in [0.3, 0.4) is 0 Å². The molecule has 0 unspecified atom stereocenters. The molecule has 1 aromatic carbocycles. The molecule has 8 nitrogen and oxygen atoms in total. The van der Waals surface area contributed by atoms with Crippen molar-refractivity contribution in [1.82, 2.24) is 30.4 Å². The third-order valence-electron chi connectivity index (χ3n) is 3.69. The van der Waals surface area contributed by atoms with Crippen molar-refractivity contribution in [2.24, 2.45) is 0 Å². The number of nitrogens with zero attached hydrogens (tertiary/aromatic N) is 3. The minimum Gasteiger partial charge on any atom is -0.352 e. The zero-order valence-corrected chi connectivity index (χ0v) is 13.0. The molecule has 3 heterocycles. The predicted octanol–water partition coefficient (Wildman–Crippen LogP) is 2.28. The van der Waals surface area contributed by atoms with Crippen LogP contribution in [-0.4, -0.2) is 38.0 Å². The summed E-state index contributed by atoms with van der Waals surface area (Å²) in [4.78, 5) is 26.2. The molecule has 3 N–H and O–H groups in total. The van der Waals surface area contributed by atoms with E-state index >= 15 is 0 Å². The molecule has 0 bridgehead atoms. The zero-order chi connectivity index (χ0) is 16.7. The Morgan fingerprint density at radius 2 is 2.12 bits per heavy atom. The Bertz CT molecular complexity index is 1040. The number of aromatic amines is 2. The molecule has 24 heavy (non-hydrogen) atoms. The number of aromatic nitrogens is 5. The van der Waals surface area contributed by atoms with Gasteiger partial charge in [-0.3, -0.25) is 4.79 Å². The summed E-state index contributed by atoms with van der Waals surface area (Å²) in [5.74, 6) is 1.07. The average molecular weight is 322 g/mol. The number of rotatable bonds is 3. The highest BCUT2D eigenvalue weighted by atomic mass is 16.5. The summed E-state index contributed by atoms with van der Waals surface area (Å²) >= 11 is 0.